The van der Waals surface area contributed by atoms with Crippen LogP contribution in [0.2, 0.25) is 0 Å². The normalized spacial score (nSPS) is 35.4. The van der Waals surface area contributed by atoms with Gasteiger partial charge in [0.25, 0.3) is 0 Å². The molecule has 0 N–H and O–H groups in total. The Morgan fingerprint density at radius 1 is 1.20 bits per heavy atom. The van der Waals surface area contributed by atoms with E-state index in [0.717, 1.165) is 0 Å². The number of allylic oxidation sites excluding steroid dienone is 3. The van der Waals surface area contributed by atoms with Gasteiger partial charge in [-0.3, -0.25) is 0 Å². The quantitative estimate of drug-likeness (QED) is 0.494. The van der Waals surface area contributed by atoms with Crippen LogP contribution in [0.4, 0.5) is 0 Å². The highest BCUT2D eigenvalue weighted by Crippen LogP contribution is 2.59. The van der Waals surface area contributed by atoms with Crippen LogP contribution in [-0.4, -0.2) is 0 Å². The molecule has 0 amide bonds. The second-order valence-corrected chi connectivity index (χ2v) is 6.18. The standard InChI is InChI=1S/C15H24/c1-12-7-10-15(11-8-12)13(2)6-5-9-14(15,3)4/h7H,2,5-6,8-11H2,1,3-4H3. The summed E-state index contributed by atoms with van der Waals surface area (Å²) in [5.41, 5.74) is 3.99. The molecule has 15 heavy (non-hydrogen) atoms. The highest BCUT2D eigenvalue weighted by Gasteiger charge is 2.48. The lowest BCUT2D eigenvalue weighted by molar-refractivity contribution is 0.0578. The van der Waals surface area contributed by atoms with Gasteiger partial charge in [-0.05, 0) is 56.3 Å². The maximum Gasteiger partial charge on any atom is -0.000212 e. The third-order valence-electron chi connectivity index (χ3n) is 5.00. The summed E-state index contributed by atoms with van der Waals surface area (Å²) in [6.45, 7) is 11.6. The first kappa shape index (κ1) is 11.0. The maximum absolute atomic E-state index is 4.38. The highest BCUT2D eigenvalue weighted by molar-refractivity contribution is 5.24. The summed E-state index contributed by atoms with van der Waals surface area (Å²) in [5, 5.41) is 0. The van der Waals surface area contributed by atoms with E-state index < -0.39 is 0 Å². The predicted molar refractivity (Wildman–Crippen MR) is 66.8 cm³/mol. The zero-order chi connectivity index (χ0) is 11.1. The SMILES string of the molecule is C=C1CCCC(C)(C)C12CC=C(C)CC2. The van der Waals surface area contributed by atoms with Crippen LogP contribution in [0.15, 0.2) is 23.8 Å². The minimum Gasteiger partial charge on any atom is -0.0993 e. The lowest BCUT2D eigenvalue weighted by Gasteiger charge is -2.53. The summed E-state index contributed by atoms with van der Waals surface area (Å²) in [6, 6.07) is 0. The average Bonchev–Trinajstić information content (AvgIpc) is 2.16. The number of rotatable bonds is 0. The molecule has 0 aromatic rings. The molecular weight excluding hydrogens is 180 g/mol. The fourth-order valence-corrected chi connectivity index (χ4v) is 3.60. The van der Waals surface area contributed by atoms with Gasteiger partial charge in [-0.1, -0.05) is 37.6 Å². The van der Waals surface area contributed by atoms with Crippen LogP contribution in [0.3, 0.4) is 0 Å². The first-order valence-corrected chi connectivity index (χ1v) is 6.32. The van der Waals surface area contributed by atoms with Gasteiger partial charge in [0.1, 0.15) is 0 Å². The van der Waals surface area contributed by atoms with Crippen molar-refractivity contribution in [2.24, 2.45) is 10.8 Å². The molecule has 0 saturated heterocycles. The molecule has 0 bridgehead atoms. The van der Waals surface area contributed by atoms with E-state index in [1.54, 1.807) is 5.57 Å². The third-order valence-corrected chi connectivity index (χ3v) is 5.00. The molecule has 0 aromatic carbocycles. The van der Waals surface area contributed by atoms with Gasteiger partial charge in [0.15, 0.2) is 0 Å². The molecule has 0 heterocycles. The zero-order valence-electron chi connectivity index (χ0n) is 10.5. The van der Waals surface area contributed by atoms with Gasteiger partial charge < -0.3 is 0 Å². The van der Waals surface area contributed by atoms with Gasteiger partial charge in [-0.2, -0.15) is 0 Å². The molecule has 1 unspecified atom stereocenters. The largest absolute Gasteiger partial charge is 0.0993 e. The average molecular weight is 204 g/mol. The maximum atomic E-state index is 4.38. The molecular formula is C15H24. The van der Waals surface area contributed by atoms with Crippen LogP contribution in [-0.2, 0) is 0 Å². The molecule has 1 spiro atoms. The Bertz CT molecular complexity index is 306. The summed E-state index contributed by atoms with van der Waals surface area (Å²) >= 11 is 0. The Morgan fingerprint density at radius 3 is 2.47 bits per heavy atom. The van der Waals surface area contributed by atoms with E-state index in [1.165, 1.54) is 44.1 Å². The van der Waals surface area contributed by atoms with Crippen molar-refractivity contribution in [2.45, 2.75) is 59.3 Å². The van der Waals surface area contributed by atoms with E-state index in [-0.39, 0.29) is 0 Å². The molecule has 1 atom stereocenters. The first-order chi connectivity index (χ1) is 6.98. The van der Waals surface area contributed by atoms with Crippen LogP contribution in [0.1, 0.15) is 59.3 Å². The van der Waals surface area contributed by atoms with Crippen LogP contribution < -0.4 is 0 Å². The summed E-state index contributed by atoms with van der Waals surface area (Å²) in [5.74, 6) is 0. The van der Waals surface area contributed by atoms with E-state index in [1.807, 2.05) is 0 Å². The molecule has 0 nitrogen and oxygen atoms in total. The van der Waals surface area contributed by atoms with Crippen molar-refractivity contribution in [2.75, 3.05) is 0 Å². The van der Waals surface area contributed by atoms with Crippen molar-refractivity contribution >= 4 is 0 Å². The van der Waals surface area contributed by atoms with Gasteiger partial charge in [-0.25, -0.2) is 0 Å². The molecule has 0 heteroatoms. The van der Waals surface area contributed by atoms with E-state index in [2.05, 4.69) is 33.4 Å². The second kappa shape index (κ2) is 3.50. The Labute approximate surface area is 94.5 Å². The summed E-state index contributed by atoms with van der Waals surface area (Å²) in [4.78, 5) is 0. The fourth-order valence-electron chi connectivity index (χ4n) is 3.60. The Hall–Kier alpha value is -0.520. The lowest BCUT2D eigenvalue weighted by Crippen LogP contribution is -2.43. The smallest absolute Gasteiger partial charge is 0.000212 e. The summed E-state index contributed by atoms with van der Waals surface area (Å²) in [7, 11) is 0. The van der Waals surface area contributed by atoms with Crippen molar-refractivity contribution in [1.82, 2.24) is 0 Å². The van der Waals surface area contributed by atoms with Gasteiger partial charge in [0.05, 0.1) is 0 Å². The van der Waals surface area contributed by atoms with Crippen molar-refractivity contribution < 1.29 is 0 Å². The van der Waals surface area contributed by atoms with E-state index in [4.69, 9.17) is 0 Å². The molecule has 1 fully saturated rings. The second-order valence-electron chi connectivity index (χ2n) is 6.18. The van der Waals surface area contributed by atoms with Crippen molar-refractivity contribution in [3.8, 4) is 0 Å². The minimum absolute atomic E-state index is 0.421. The molecule has 84 valence electrons. The van der Waals surface area contributed by atoms with Gasteiger partial charge in [-0.15, -0.1) is 0 Å². The van der Waals surface area contributed by atoms with E-state index in [0.29, 0.717) is 10.8 Å². The lowest BCUT2D eigenvalue weighted by atomic mass is 9.51. The van der Waals surface area contributed by atoms with Crippen LogP contribution >= 0.6 is 0 Å². The number of hydrogen-bond donors (Lipinski definition) is 0. The Morgan fingerprint density at radius 2 is 1.93 bits per heavy atom. The predicted octanol–water partition coefficient (Wildman–Crippen LogP) is 4.87. The van der Waals surface area contributed by atoms with Crippen molar-refractivity contribution in [1.29, 1.82) is 0 Å². The molecule has 1 saturated carbocycles. The summed E-state index contributed by atoms with van der Waals surface area (Å²) < 4.78 is 0. The fraction of sp³-hybridized carbons (Fsp3) is 0.733. The molecule has 2 aliphatic rings. The minimum atomic E-state index is 0.421. The molecule has 2 rings (SSSR count). The van der Waals surface area contributed by atoms with Crippen molar-refractivity contribution in [3.05, 3.63) is 23.8 Å². The van der Waals surface area contributed by atoms with E-state index in [9.17, 15) is 0 Å². The van der Waals surface area contributed by atoms with Gasteiger partial charge in [0.2, 0.25) is 0 Å². The number of hydrogen-bond acceptors (Lipinski definition) is 0. The highest BCUT2D eigenvalue weighted by atomic mass is 14.5. The van der Waals surface area contributed by atoms with Gasteiger partial charge >= 0.3 is 0 Å². The van der Waals surface area contributed by atoms with Crippen molar-refractivity contribution in [3.63, 3.8) is 0 Å². The molecule has 2 aliphatic carbocycles. The van der Waals surface area contributed by atoms with E-state index >= 15 is 0 Å². The summed E-state index contributed by atoms with van der Waals surface area (Å²) in [6.07, 6.45) is 10.3. The van der Waals surface area contributed by atoms with Crippen LogP contribution in [0, 0.1) is 10.8 Å². The van der Waals surface area contributed by atoms with Crippen LogP contribution in [0.25, 0.3) is 0 Å². The van der Waals surface area contributed by atoms with Gasteiger partial charge in [0, 0.05) is 0 Å². The first-order valence-electron chi connectivity index (χ1n) is 6.32. The topological polar surface area (TPSA) is 0 Å². The third kappa shape index (κ3) is 1.58. The molecule has 0 radical (unpaired) electrons. The monoisotopic (exact) mass is 204 g/mol. The van der Waals surface area contributed by atoms with Crippen LogP contribution in [0.5, 0.6) is 0 Å². The Kier molecular flexibility index (Phi) is 2.56. The zero-order valence-corrected chi connectivity index (χ0v) is 10.5. The Balaban J connectivity index is 2.34. The molecule has 0 aliphatic heterocycles. The molecule has 0 aromatic heterocycles.